The second-order valence-electron chi connectivity index (χ2n) is 7.54. The first-order chi connectivity index (χ1) is 14.0. The Morgan fingerprint density at radius 3 is 2.48 bits per heavy atom. The number of halogens is 1. The number of hydrogen-bond donors (Lipinski definition) is 1. The third-order valence-electron chi connectivity index (χ3n) is 5.30. The van der Waals surface area contributed by atoms with Gasteiger partial charge in [-0.3, -0.25) is 9.69 Å². The standard InChI is InChI=1S/C23H30ClN3O2/c1-4-26(17(2)3)16-18-8-10-19(11-9-18)23(28)25-21-7-5-6-20(24)22(21)27-12-14-29-15-13-27/h5-11,17H,4,12-16H2,1-3H3,(H,25,28). The van der Waals surface area contributed by atoms with Gasteiger partial charge in [0.2, 0.25) is 0 Å². The molecule has 1 fully saturated rings. The van der Waals surface area contributed by atoms with Crippen LogP contribution >= 0.6 is 11.6 Å². The molecule has 1 heterocycles. The Morgan fingerprint density at radius 1 is 1.17 bits per heavy atom. The molecule has 2 aromatic carbocycles. The highest BCUT2D eigenvalue weighted by molar-refractivity contribution is 6.34. The molecule has 5 nitrogen and oxygen atoms in total. The van der Waals surface area contributed by atoms with Crippen molar-refractivity contribution in [2.45, 2.75) is 33.4 Å². The molecule has 0 aliphatic carbocycles. The van der Waals surface area contributed by atoms with Crippen LogP contribution in [0.1, 0.15) is 36.7 Å². The lowest BCUT2D eigenvalue weighted by Gasteiger charge is -2.31. The molecule has 1 aliphatic heterocycles. The molecule has 1 aliphatic rings. The Labute approximate surface area is 178 Å². The van der Waals surface area contributed by atoms with E-state index in [0.29, 0.717) is 29.8 Å². The predicted molar refractivity (Wildman–Crippen MR) is 120 cm³/mol. The van der Waals surface area contributed by atoms with Gasteiger partial charge in [0.25, 0.3) is 5.91 Å². The van der Waals surface area contributed by atoms with Crippen LogP contribution in [-0.4, -0.2) is 49.7 Å². The topological polar surface area (TPSA) is 44.8 Å². The van der Waals surface area contributed by atoms with E-state index in [1.54, 1.807) is 0 Å². The fourth-order valence-corrected chi connectivity index (χ4v) is 3.87. The van der Waals surface area contributed by atoms with Gasteiger partial charge in [-0.2, -0.15) is 0 Å². The lowest BCUT2D eigenvalue weighted by atomic mass is 10.1. The average Bonchev–Trinajstić information content (AvgIpc) is 2.73. The molecular formula is C23H30ClN3O2. The molecule has 0 atom stereocenters. The summed E-state index contributed by atoms with van der Waals surface area (Å²) < 4.78 is 5.44. The minimum atomic E-state index is -0.135. The number of nitrogens with zero attached hydrogens (tertiary/aromatic N) is 2. The summed E-state index contributed by atoms with van der Waals surface area (Å²) in [6.45, 7) is 11.3. The minimum Gasteiger partial charge on any atom is -0.378 e. The Balaban J connectivity index is 1.73. The summed E-state index contributed by atoms with van der Waals surface area (Å²) in [4.78, 5) is 17.4. The molecule has 1 N–H and O–H groups in total. The van der Waals surface area contributed by atoms with E-state index in [1.807, 2.05) is 42.5 Å². The van der Waals surface area contributed by atoms with Crippen LogP contribution in [0.4, 0.5) is 11.4 Å². The summed E-state index contributed by atoms with van der Waals surface area (Å²) in [5, 5.41) is 3.67. The van der Waals surface area contributed by atoms with Crippen molar-refractivity contribution in [3.05, 3.63) is 58.6 Å². The molecule has 1 saturated heterocycles. The molecule has 156 valence electrons. The van der Waals surface area contributed by atoms with Gasteiger partial charge in [-0.1, -0.05) is 36.7 Å². The first-order valence-corrected chi connectivity index (χ1v) is 10.6. The van der Waals surface area contributed by atoms with Crippen LogP contribution in [0.25, 0.3) is 0 Å². The van der Waals surface area contributed by atoms with Crippen molar-refractivity contribution in [1.29, 1.82) is 0 Å². The summed E-state index contributed by atoms with van der Waals surface area (Å²) in [5.74, 6) is -0.135. The quantitative estimate of drug-likeness (QED) is 0.714. The fourth-order valence-electron chi connectivity index (χ4n) is 3.57. The number of hydrogen-bond acceptors (Lipinski definition) is 4. The van der Waals surface area contributed by atoms with Crippen LogP contribution < -0.4 is 10.2 Å². The highest BCUT2D eigenvalue weighted by atomic mass is 35.5. The van der Waals surface area contributed by atoms with Gasteiger partial charge >= 0.3 is 0 Å². The zero-order valence-electron chi connectivity index (χ0n) is 17.5. The van der Waals surface area contributed by atoms with E-state index >= 15 is 0 Å². The van der Waals surface area contributed by atoms with Gasteiger partial charge in [-0.15, -0.1) is 0 Å². The number of nitrogens with one attached hydrogen (secondary N) is 1. The van der Waals surface area contributed by atoms with Gasteiger partial charge in [0.15, 0.2) is 0 Å². The highest BCUT2D eigenvalue weighted by Gasteiger charge is 2.19. The van der Waals surface area contributed by atoms with Gasteiger partial charge in [0, 0.05) is 31.2 Å². The molecule has 0 saturated carbocycles. The number of carbonyl (C=O) groups excluding carboxylic acids is 1. The molecule has 1 amide bonds. The van der Waals surface area contributed by atoms with Crippen molar-refractivity contribution >= 4 is 28.9 Å². The molecule has 0 spiro atoms. The van der Waals surface area contributed by atoms with E-state index in [0.717, 1.165) is 37.6 Å². The predicted octanol–water partition coefficient (Wildman–Crippen LogP) is 4.66. The molecule has 3 rings (SSSR count). The van der Waals surface area contributed by atoms with Crippen LogP contribution in [0.15, 0.2) is 42.5 Å². The van der Waals surface area contributed by atoms with Crippen molar-refractivity contribution in [3.8, 4) is 0 Å². The number of para-hydroxylation sites is 1. The zero-order valence-corrected chi connectivity index (χ0v) is 18.2. The minimum absolute atomic E-state index is 0.135. The van der Waals surface area contributed by atoms with Crippen molar-refractivity contribution in [3.63, 3.8) is 0 Å². The second-order valence-corrected chi connectivity index (χ2v) is 7.95. The summed E-state index contributed by atoms with van der Waals surface area (Å²) in [5.41, 5.74) is 3.42. The first-order valence-electron chi connectivity index (χ1n) is 10.2. The molecule has 6 heteroatoms. The molecule has 0 radical (unpaired) electrons. The summed E-state index contributed by atoms with van der Waals surface area (Å²) in [6.07, 6.45) is 0. The van der Waals surface area contributed by atoms with Crippen LogP contribution in [-0.2, 0) is 11.3 Å². The SMILES string of the molecule is CCN(Cc1ccc(C(=O)Nc2cccc(Cl)c2N2CCOCC2)cc1)C(C)C. The normalized spacial score (nSPS) is 14.5. The first kappa shape index (κ1) is 21.6. The monoisotopic (exact) mass is 415 g/mol. The van der Waals surface area contributed by atoms with Gasteiger partial charge in [0.1, 0.15) is 0 Å². The molecule has 0 unspecified atom stereocenters. The van der Waals surface area contributed by atoms with Crippen LogP contribution in [0.3, 0.4) is 0 Å². The number of rotatable bonds is 7. The average molecular weight is 416 g/mol. The molecular weight excluding hydrogens is 386 g/mol. The van der Waals surface area contributed by atoms with Crippen LogP contribution in [0, 0.1) is 0 Å². The molecule has 0 bridgehead atoms. The molecule has 0 aromatic heterocycles. The Morgan fingerprint density at radius 2 is 1.86 bits per heavy atom. The maximum atomic E-state index is 12.9. The van der Waals surface area contributed by atoms with Gasteiger partial charge in [-0.25, -0.2) is 0 Å². The number of amides is 1. The summed E-state index contributed by atoms with van der Waals surface area (Å²) in [6, 6.07) is 13.9. The summed E-state index contributed by atoms with van der Waals surface area (Å²) in [7, 11) is 0. The lowest BCUT2D eigenvalue weighted by molar-refractivity contribution is 0.102. The van der Waals surface area contributed by atoms with E-state index in [9.17, 15) is 4.79 Å². The number of ether oxygens (including phenoxy) is 1. The third kappa shape index (κ3) is 5.50. The van der Waals surface area contributed by atoms with E-state index < -0.39 is 0 Å². The highest BCUT2D eigenvalue weighted by Crippen LogP contribution is 2.34. The summed E-state index contributed by atoms with van der Waals surface area (Å²) >= 11 is 6.46. The largest absolute Gasteiger partial charge is 0.378 e. The van der Waals surface area contributed by atoms with Gasteiger partial charge in [-0.05, 0) is 50.2 Å². The Bertz CT molecular complexity index is 817. The number of morpholine rings is 1. The Kier molecular flexibility index (Phi) is 7.53. The van der Waals surface area contributed by atoms with Crippen molar-refractivity contribution in [2.75, 3.05) is 43.1 Å². The number of benzene rings is 2. The van der Waals surface area contributed by atoms with Gasteiger partial charge in [0.05, 0.1) is 29.6 Å². The van der Waals surface area contributed by atoms with Crippen LogP contribution in [0.5, 0.6) is 0 Å². The second kappa shape index (κ2) is 10.1. The smallest absolute Gasteiger partial charge is 0.255 e. The van der Waals surface area contributed by atoms with E-state index in [2.05, 4.69) is 35.9 Å². The number of anilines is 2. The van der Waals surface area contributed by atoms with Crippen LogP contribution in [0.2, 0.25) is 5.02 Å². The molecule has 2 aromatic rings. The van der Waals surface area contributed by atoms with E-state index in [1.165, 1.54) is 5.56 Å². The van der Waals surface area contributed by atoms with Gasteiger partial charge < -0.3 is 15.0 Å². The van der Waals surface area contributed by atoms with E-state index in [-0.39, 0.29) is 5.91 Å². The fraction of sp³-hybridized carbons (Fsp3) is 0.435. The Hall–Kier alpha value is -2.08. The lowest BCUT2D eigenvalue weighted by Crippen LogP contribution is -2.37. The maximum absolute atomic E-state index is 12.9. The van der Waals surface area contributed by atoms with Crippen molar-refractivity contribution < 1.29 is 9.53 Å². The van der Waals surface area contributed by atoms with Crippen molar-refractivity contribution in [1.82, 2.24) is 4.90 Å². The van der Waals surface area contributed by atoms with E-state index in [4.69, 9.17) is 16.3 Å². The number of carbonyl (C=O) groups is 1. The van der Waals surface area contributed by atoms with Crippen molar-refractivity contribution in [2.24, 2.45) is 0 Å². The molecule has 29 heavy (non-hydrogen) atoms. The zero-order chi connectivity index (χ0) is 20.8. The maximum Gasteiger partial charge on any atom is 0.255 e. The third-order valence-corrected chi connectivity index (χ3v) is 5.61.